The predicted molar refractivity (Wildman–Crippen MR) is 56.9 cm³/mol. The first kappa shape index (κ1) is 12.0. The molecule has 0 aromatic heterocycles. The van der Waals surface area contributed by atoms with E-state index in [0.717, 1.165) is 32.4 Å². The van der Waals surface area contributed by atoms with Gasteiger partial charge in [0.25, 0.3) is 0 Å². The molecule has 1 rings (SSSR count). The maximum Gasteiger partial charge on any atom is 0.0956 e. The van der Waals surface area contributed by atoms with Crippen LogP contribution in [0.1, 0.15) is 39.0 Å². The van der Waals surface area contributed by atoms with Gasteiger partial charge in [-0.25, -0.2) is 0 Å². The number of unbranched alkanes of at least 4 members (excludes halogenated alkanes) is 2. The Bertz CT molecular complexity index is 157. The summed E-state index contributed by atoms with van der Waals surface area (Å²) in [7, 11) is 0. The van der Waals surface area contributed by atoms with E-state index >= 15 is 0 Å². The van der Waals surface area contributed by atoms with E-state index in [1.54, 1.807) is 0 Å². The van der Waals surface area contributed by atoms with E-state index < -0.39 is 0 Å². The largest absolute Gasteiger partial charge is 0.396 e. The zero-order chi connectivity index (χ0) is 10.4. The molecule has 0 spiro atoms. The molecule has 0 radical (unpaired) electrons. The molecule has 1 aliphatic carbocycles. The van der Waals surface area contributed by atoms with Crippen molar-refractivity contribution in [3.8, 4) is 0 Å². The zero-order valence-electron chi connectivity index (χ0n) is 9.21. The van der Waals surface area contributed by atoms with Crippen molar-refractivity contribution in [1.82, 2.24) is 4.90 Å². The summed E-state index contributed by atoms with van der Waals surface area (Å²) in [5, 5.41) is 18.3. The molecule has 3 heteroatoms. The number of rotatable bonds is 8. The van der Waals surface area contributed by atoms with Crippen LogP contribution in [0.15, 0.2) is 0 Å². The van der Waals surface area contributed by atoms with Gasteiger partial charge in [-0.2, -0.15) is 0 Å². The first-order valence-corrected chi connectivity index (χ1v) is 5.70. The summed E-state index contributed by atoms with van der Waals surface area (Å²) in [5.41, 5.74) is 0.134. The van der Waals surface area contributed by atoms with Crippen molar-refractivity contribution >= 4 is 0 Å². The Morgan fingerprint density at radius 1 is 1.21 bits per heavy atom. The smallest absolute Gasteiger partial charge is 0.0956 e. The van der Waals surface area contributed by atoms with E-state index in [1.807, 2.05) is 0 Å². The lowest BCUT2D eigenvalue weighted by Gasteiger charge is -2.24. The maximum atomic E-state index is 9.16. The lowest BCUT2D eigenvalue weighted by molar-refractivity contribution is 0.0682. The molecule has 0 bridgehead atoms. The molecule has 0 aromatic rings. The normalized spacial score (nSPS) is 18.9. The van der Waals surface area contributed by atoms with Crippen LogP contribution < -0.4 is 0 Å². The van der Waals surface area contributed by atoms with Crippen LogP contribution in [0.4, 0.5) is 0 Å². The van der Waals surface area contributed by atoms with Gasteiger partial charge in [0, 0.05) is 25.1 Å². The lowest BCUT2D eigenvalue weighted by Crippen LogP contribution is -2.33. The van der Waals surface area contributed by atoms with Gasteiger partial charge >= 0.3 is 0 Å². The average molecular weight is 201 g/mol. The van der Waals surface area contributed by atoms with Gasteiger partial charge in [0.2, 0.25) is 0 Å². The summed E-state index contributed by atoms with van der Waals surface area (Å²) >= 11 is 0. The van der Waals surface area contributed by atoms with Gasteiger partial charge in [0.05, 0.1) is 6.73 Å². The van der Waals surface area contributed by atoms with Crippen molar-refractivity contribution in [2.45, 2.75) is 39.0 Å². The third-order valence-corrected chi connectivity index (χ3v) is 3.13. The van der Waals surface area contributed by atoms with Gasteiger partial charge < -0.3 is 10.2 Å². The maximum absolute atomic E-state index is 9.16. The highest BCUT2D eigenvalue weighted by molar-refractivity contribution is 4.94. The molecule has 0 unspecified atom stereocenters. The van der Waals surface area contributed by atoms with Crippen molar-refractivity contribution in [1.29, 1.82) is 0 Å². The van der Waals surface area contributed by atoms with E-state index in [1.165, 1.54) is 12.8 Å². The minimum absolute atomic E-state index is 0.130. The minimum atomic E-state index is 0.130. The molecule has 0 saturated heterocycles. The van der Waals surface area contributed by atoms with Crippen LogP contribution >= 0.6 is 0 Å². The molecule has 1 aliphatic rings. The standard InChI is InChI=1S/C11H23NO2/c1-2-3-4-7-12(10-14)8-11(9-13)5-6-11/h13-14H,2-10H2,1H3. The van der Waals surface area contributed by atoms with Crippen LogP contribution in [0.5, 0.6) is 0 Å². The molecule has 0 aliphatic heterocycles. The molecule has 1 fully saturated rings. The Balaban J connectivity index is 2.17. The van der Waals surface area contributed by atoms with Crippen LogP contribution in [0, 0.1) is 5.41 Å². The highest BCUT2D eigenvalue weighted by Gasteiger charge is 2.42. The van der Waals surface area contributed by atoms with Crippen LogP contribution in [0.3, 0.4) is 0 Å². The molecule has 0 aromatic carbocycles. The summed E-state index contributed by atoms with van der Waals surface area (Å²) in [6.07, 6.45) is 5.83. The molecular formula is C11H23NO2. The van der Waals surface area contributed by atoms with Crippen LogP contribution in [0.2, 0.25) is 0 Å². The fourth-order valence-corrected chi connectivity index (χ4v) is 1.80. The fourth-order valence-electron chi connectivity index (χ4n) is 1.80. The highest BCUT2D eigenvalue weighted by Crippen LogP contribution is 2.45. The number of nitrogens with zero attached hydrogens (tertiary/aromatic N) is 1. The summed E-state index contributed by atoms with van der Waals surface area (Å²) in [6.45, 7) is 4.41. The fraction of sp³-hybridized carbons (Fsp3) is 1.00. The summed E-state index contributed by atoms with van der Waals surface area (Å²) < 4.78 is 0. The number of aliphatic hydroxyl groups is 2. The third-order valence-electron chi connectivity index (χ3n) is 3.13. The molecule has 1 saturated carbocycles. The lowest BCUT2D eigenvalue weighted by atomic mass is 10.1. The topological polar surface area (TPSA) is 43.7 Å². The highest BCUT2D eigenvalue weighted by atomic mass is 16.3. The molecule has 14 heavy (non-hydrogen) atoms. The number of hydrogen-bond acceptors (Lipinski definition) is 3. The molecule has 0 heterocycles. The van der Waals surface area contributed by atoms with Crippen LogP contribution in [-0.2, 0) is 0 Å². The van der Waals surface area contributed by atoms with Crippen molar-refractivity contribution in [2.24, 2.45) is 5.41 Å². The summed E-state index contributed by atoms with van der Waals surface area (Å²) in [6, 6.07) is 0. The molecule has 84 valence electrons. The van der Waals surface area contributed by atoms with Gasteiger partial charge in [-0.15, -0.1) is 0 Å². The number of aliphatic hydroxyl groups excluding tert-OH is 2. The Labute approximate surface area is 86.7 Å². The average Bonchev–Trinajstić information content (AvgIpc) is 2.97. The summed E-state index contributed by atoms with van der Waals surface area (Å²) in [4.78, 5) is 2.05. The monoisotopic (exact) mass is 201 g/mol. The van der Waals surface area contributed by atoms with Gasteiger partial charge in [-0.05, 0) is 19.3 Å². The molecule has 2 N–H and O–H groups in total. The van der Waals surface area contributed by atoms with E-state index in [0.29, 0.717) is 0 Å². The van der Waals surface area contributed by atoms with Gasteiger partial charge in [-0.3, -0.25) is 4.90 Å². The minimum Gasteiger partial charge on any atom is -0.396 e. The van der Waals surface area contributed by atoms with E-state index in [9.17, 15) is 0 Å². The Morgan fingerprint density at radius 2 is 1.93 bits per heavy atom. The van der Waals surface area contributed by atoms with Crippen LogP contribution in [0.25, 0.3) is 0 Å². The van der Waals surface area contributed by atoms with Crippen molar-refractivity contribution < 1.29 is 10.2 Å². The summed E-state index contributed by atoms with van der Waals surface area (Å²) in [5.74, 6) is 0. The Hall–Kier alpha value is -0.120. The quantitative estimate of drug-likeness (QED) is 0.458. The first-order valence-electron chi connectivity index (χ1n) is 5.70. The number of hydrogen-bond donors (Lipinski definition) is 2. The first-order chi connectivity index (χ1) is 6.76. The van der Waals surface area contributed by atoms with E-state index in [2.05, 4.69) is 11.8 Å². The second-order valence-corrected chi connectivity index (χ2v) is 4.56. The van der Waals surface area contributed by atoms with Crippen molar-refractivity contribution in [2.75, 3.05) is 26.4 Å². The van der Waals surface area contributed by atoms with E-state index in [4.69, 9.17) is 10.2 Å². The molecule has 0 amide bonds. The van der Waals surface area contributed by atoms with Gasteiger partial charge in [-0.1, -0.05) is 19.8 Å². The second kappa shape index (κ2) is 5.69. The van der Waals surface area contributed by atoms with Crippen molar-refractivity contribution in [3.05, 3.63) is 0 Å². The van der Waals surface area contributed by atoms with E-state index in [-0.39, 0.29) is 18.8 Å². The van der Waals surface area contributed by atoms with Gasteiger partial charge in [0.1, 0.15) is 0 Å². The zero-order valence-corrected chi connectivity index (χ0v) is 9.21. The van der Waals surface area contributed by atoms with Gasteiger partial charge in [0.15, 0.2) is 0 Å². The molecule has 3 nitrogen and oxygen atoms in total. The Kier molecular flexibility index (Phi) is 4.85. The Morgan fingerprint density at radius 3 is 2.36 bits per heavy atom. The molecular weight excluding hydrogens is 178 g/mol. The molecule has 0 atom stereocenters. The predicted octanol–water partition coefficient (Wildman–Crippen LogP) is 1.20. The van der Waals surface area contributed by atoms with Crippen molar-refractivity contribution in [3.63, 3.8) is 0 Å². The third kappa shape index (κ3) is 3.56. The SMILES string of the molecule is CCCCCN(CO)CC1(CO)CC1. The van der Waals surface area contributed by atoms with Crippen LogP contribution in [-0.4, -0.2) is 41.5 Å². The second-order valence-electron chi connectivity index (χ2n) is 4.56.